The van der Waals surface area contributed by atoms with Crippen LogP contribution in [0.4, 0.5) is 0 Å². The van der Waals surface area contributed by atoms with Crippen molar-refractivity contribution >= 4 is 21.8 Å². The number of carbonyl (C=O) groups is 2. The van der Waals surface area contributed by atoms with Crippen LogP contribution in [0, 0.1) is 6.92 Å². The fourth-order valence-electron chi connectivity index (χ4n) is 4.39. The molecule has 1 N–H and O–H groups in total. The zero-order valence-corrected chi connectivity index (χ0v) is 24.9. The summed E-state index contributed by atoms with van der Waals surface area (Å²) in [6.07, 6.45) is 0.794. The van der Waals surface area contributed by atoms with Gasteiger partial charge in [-0.05, 0) is 57.4 Å². The molecule has 214 valence electrons. The first kappa shape index (κ1) is 31.0. The first-order valence-electron chi connectivity index (χ1n) is 13.6. The number of nitrogens with one attached hydrogen (secondary N) is 1. The van der Waals surface area contributed by atoms with E-state index in [9.17, 15) is 18.0 Å². The van der Waals surface area contributed by atoms with Gasteiger partial charge in [0.05, 0.1) is 4.90 Å². The molecule has 40 heavy (non-hydrogen) atoms. The van der Waals surface area contributed by atoms with Crippen LogP contribution in [0.15, 0.2) is 89.8 Å². The predicted molar refractivity (Wildman–Crippen MR) is 159 cm³/mol. The Labute approximate surface area is 239 Å². The van der Waals surface area contributed by atoms with Crippen molar-refractivity contribution in [2.24, 2.45) is 0 Å². The molecule has 0 saturated carbocycles. The van der Waals surface area contributed by atoms with Crippen LogP contribution < -0.4 is 5.32 Å². The van der Waals surface area contributed by atoms with Gasteiger partial charge in [0.1, 0.15) is 6.04 Å². The first-order valence-corrected chi connectivity index (χ1v) is 15.0. The highest BCUT2D eigenvalue weighted by atomic mass is 32.2. The maximum atomic E-state index is 13.8. The molecule has 0 saturated heterocycles. The maximum absolute atomic E-state index is 13.8. The lowest BCUT2D eigenvalue weighted by molar-refractivity contribution is -0.142. The minimum absolute atomic E-state index is 0.106. The molecule has 8 heteroatoms. The van der Waals surface area contributed by atoms with E-state index in [1.807, 2.05) is 82.3 Å². The van der Waals surface area contributed by atoms with Crippen molar-refractivity contribution in [2.45, 2.75) is 70.0 Å². The lowest BCUT2D eigenvalue weighted by atomic mass is 10.00. The van der Waals surface area contributed by atoms with Crippen LogP contribution in [-0.4, -0.2) is 54.6 Å². The van der Waals surface area contributed by atoms with Crippen LogP contribution in [-0.2, 0) is 32.6 Å². The molecule has 0 aromatic heterocycles. The number of amides is 2. The van der Waals surface area contributed by atoms with E-state index in [0.29, 0.717) is 12.8 Å². The molecule has 0 aliphatic rings. The Balaban J connectivity index is 1.84. The highest BCUT2D eigenvalue weighted by Gasteiger charge is 2.32. The number of rotatable bonds is 12. The van der Waals surface area contributed by atoms with Gasteiger partial charge in [-0.15, -0.1) is 0 Å². The van der Waals surface area contributed by atoms with Gasteiger partial charge in [0.2, 0.25) is 21.8 Å². The topological polar surface area (TPSA) is 86.8 Å². The van der Waals surface area contributed by atoms with E-state index in [1.165, 1.54) is 11.4 Å². The summed E-state index contributed by atoms with van der Waals surface area (Å²) in [6.45, 7) is 8.20. The van der Waals surface area contributed by atoms with E-state index in [1.54, 1.807) is 35.2 Å². The Morgan fingerprint density at radius 3 is 2.00 bits per heavy atom. The summed E-state index contributed by atoms with van der Waals surface area (Å²) in [5, 5.41) is 3.06. The SMILES string of the molecule is Cc1ccc(CN(C(=O)CCCN(C)S(=O)(=O)c2ccccc2)[C@@H](Cc2ccccc2)C(=O)NC(C)(C)C)cc1. The summed E-state index contributed by atoms with van der Waals surface area (Å²) in [6, 6.07) is 25.1. The monoisotopic (exact) mass is 563 g/mol. The summed E-state index contributed by atoms with van der Waals surface area (Å²) < 4.78 is 27.1. The number of aryl methyl sites for hydroxylation is 1. The molecule has 0 aliphatic carbocycles. The molecule has 0 fully saturated rings. The van der Waals surface area contributed by atoms with Crippen LogP contribution in [0.25, 0.3) is 0 Å². The fourth-order valence-corrected chi connectivity index (χ4v) is 5.62. The standard InChI is InChI=1S/C32H41N3O4S/c1-25-18-20-27(21-19-25)24-35(29(31(37)33-32(2,3)4)23-26-13-8-6-9-14-26)30(36)17-12-22-34(5)40(38,39)28-15-10-7-11-16-28/h6-11,13-16,18-21,29H,12,17,22-24H2,1-5H3,(H,33,37)/t29-/m0/s1. The molecule has 7 nitrogen and oxygen atoms in total. The minimum atomic E-state index is -3.66. The lowest BCUT2D eigenvalue weighted by Gasteiger charge is -2.34. The Morgan fingerprint density at radius 1 is 0.850 bits per heavy atom. The van der Waals surface area contributed by atoms with Gasteiger partial charge in [-0.3, -0.25) is 9.59 Å². The van der Waals surface area contributed by atoms with Crippen molar-refractivity contribution in [2.75, 3.05) is 13.6 Å². The van der Waals surface area contributed by atoms with Gasteiger partial charge in [0.15, 0.2) is 0 Å². The average Bonchev–Trinajstić information content (AvgIpc) is 2.91. The van der Waals surface area contributed by atoms with Gasteiger partial charge >= 0.3 is 0 Å². The summed E-state index contributed by atoms with van der Waals surface area (Å²) in [5.41, 5.74) is 2.51. The van der Waals surface area contributed by atoms with Crippen molar-refractivity contribution in [1.29, 1.82) is 0 Å². The van der Waals surface area contributed by atoms with Crippen molar-refractivity contribution < 1.29 is 18.0 Å². The van der Waals surface area contributed by atoms with Gasteiger partial charge in [-0.2, -0.15) is 0 Å². The number of hydrogen-bond donors (Lipinski definition) is 1. The van der Waals surface area contributed by atoms with Gasteiger partial charge in [0.25, 0.3) is 0 Å². The summed E-state index contributed by atoms with van der Waals surface area (Å²) >= 11 is 0. The van der Waals surface area contributed by atoms with Crippen LogP contribution in [0.5, 0.6) is 0 Å². The molecule has 0 bridgehead atoms. The fraction of sp³-hybridized carbons (Fsp3) is 0.375. The van der Waals surface area contributed by atoms with Crippen LogP contribution in [0.2, 0.25) is 0 Å². The van der Waals surface area contributed by atoms with Gasteiger partial charge in [0, 0.05) is 38.5 Å². The zero-order chi connectivity index (χ0) is 29.3. The number of carbonyl (C=O) groups excluding carboxylic acids is 2. The molecule has 0 aliphatic heterocycles. The molecule has 2 amide bonds. The van der Waals surface area contributed by atoms with E-state index < -0.39 is 21.6 Å². The third-order valence-corrected chi connectivity index (χ3v) is 8.43. The Morgan fingerprint density at radius 2 is 1.43 bits per heavy atom. The van der Waals surface area contributed by atoms with Crippen molar-refractivity contribution in [3.8, 4) is 0 Å². The quantitative estimate of drug-likeness (QED) is 0.338. The summed E-state index contributed by atoms with van der Waals surface area (Å²) in [7, 11) is -2.14. The Bertz CT molecular complexity index is 1350. The van der Waals surface area contributed by atoms with Gasteiger partial charge < -0.3 is 10.2 Å². The molecule has 1 atom stereocenters. The Kier molecular flexibility index (Phi) is 10.7. The smallest absolute Gasteiger partial charge is 0.243 e. The second-order valence-electron chi connectivity index (χ2n) is 11.2. The summed E-state index contributed by atoms with van der Waals surface area (Å²) in [4.78, 5) is 29.3. The molecule has 3 rings (SSSR count). The van der Waals surface area contributed by atoms with Crippen LogP contribution >= 0.6 is 0 Å². The van der Waals surface area contributed by atoms with Crippen molar-refractivity contribution in [1.82, 2.24) is 14.5 Å². The second-order valence-corrected chi connectivity index (χ2v) is 13.2. The predicted octanol–water partition coefficient (Wildman–Crippen LogP) is 4.95. The first-order chi connectivity index (χ1) is 18.9. The number of nitrogens with zero attached hydrogens (tertiary/aromatic N) is 2. The largest absolute Gasteiger partial charge is 0.350 e. The molecular weight excluding hydrogens is 522 g/mol. The Hall–Kier alpha value is -3.49. The van der Waals surface area contributed by atoms with Crippen LogP contribution in [0.1, 0.15) is 50.3 Å². The van der Waals surface area contributed by atoms with Crippen molar-refractivity contribution in [3.05, 3.63) is 102 Å². The highest BCUT2D eigenvalue weighted by molar-refractivity contribution is 7.89. The highest BCUT2D eigenvalue weighted by Crippen LogP contribution is 2.19. The molecule has 0 heterocycles. The van der Waals surface area contributed by atoms with E-state index in [0.717, 1.165) is 16.7 Å². The normalized spacial score (nSPS) is 12.7. The van der Waals surface area contributed by atoms with Gasteiger partial charge in [-0.25, -0.2) is 12.7 Å². The number of benzene rings is 3. The third-order valence-electron chi connectivity index (χ3n) is 6.56. The third kappa shape index (κ3) is 9.03. The van der Waals surface area contributed by atoms with E-state index in [-0.39, 0.29) is 36.2 Å². The molecule has 3 aromatic carbocycles. The number of hydrogen-bond acceptors (Lipinski definition) is 4. The minimum Gasteiger partial charge on any atom is -0.350 e. The number of sulfonamides is 1. The van der Waals surface area contributed by atoms with Crippen molar-refractivity contribution in [3.63, 3.8) is 0 Å². The van der Waals surface area contributed by atoms with Crippen LogP contribution in [0.3, 0.4) is 0 Å². The molecular formula is C32H41N3O4S. The average molecular weight is 564 g/mol. The summed E-state index contributed by atoms with van der Waals surface area (Å²) in [5.74, 6) is -0.420. The van der Waals surface area contributed by atoms with Gasteiger partial charge in [-0.1, -0.05) is 78.4 Å². The molecule has 3 aromatic rings. The molecule has 0 radical (unpaired) electrons. The second kappa shape index (κ2) is 13.7. The lowest BCUT2D eigenvalue weighted by Crippen LogP contribution is -2.54. The van der Waals surface area contributed by atoms with E-state index >= 15 is 0 Å². The van der Waals surface area contributed by atoms with E-state index in [4.69, 9.17) is 0 Å². The van der Waals surface area contributed by atoms with E-state index in [2.05, 4.69) is 5.32 Å². The molecule has 0 spiro atoms. The zero-order valence-electron chi connectivity index (χ0n) is 24.1. The molecule has 0 unspecified atom stereocenters. The maximum Gasteiger partial charge on any atom is 0.243 e.